The molecule has 0 bridgehead atoms. The molecule has 3 heterocycles. The Labute approximate surface area is 496 Å². The van der Waals surface area contributed by atoms with Crippen molar-refractivity contribution in [1.82, 2.24) is 39.2 Å². The van der Waals surface area contributed by atoms with Crippen LogP contribution in [0.5, 0.6) is 0 Å². The molecule has 0 saturated carbocycles. The van der Waals surface area contributed by atoms with Crippen molar-refractivity contribution in [3.05, 3.63) is 107 Å². The fourth-order valence-corrected chi connectivity index (χ4v) is 10.2. The van der Waals surface area contributed by atoms with Crippen molar-refractivity contribution in [2.45, 2.75) is 196 Å². The van der Waals surface area contributed by atoms with Gasteiger partial charge in [-0.25, -0.2) is 19.2 Å². The number of hydrogen-bond donors (Lipinski definition) is 0. The van der Waals surface area contributed by atoms with Crippen molar-refractivity contribution in [2.24, 2.45) is 23.7 Å². The van der Waals surface area contributed by atoms with E-state index in [9.17, 15) is 28.8 Å². The van der Waals surface area contributed by atoms with Gasteiger partial charge in [0.2, 0.25) is 0 Å². The highest BCUT2D eigenvalue weighted by atomic mass is 16.6. The van der Waals surface area contributed by atoms with E-state index in [1.807, 2.05) is 152 Å². The van der Waals surface area contributed by atoms with Gasteiger partial charge in [0.25, 0.3) is 23.6 Å². The number of aromatic nitrogens is 4. The fourth-order valence-electron chi connectivity index (χ4n) is 10.2. The Hall–Kier alpha value is -7.38. The quantitative estimate of drug-likeness (QED) is 0.0706. The number of carbonyl (C=O) groups is 8. The Morgan fingerprint density at radius 2 is 0.655 bits per heavy atom. The lowest BCUT2D eigenvalue weighted by atomic mass is 9.99. The van der Waals surface area contributed by atoms with Gasteiger partial charge in [0.05, 0.1) is 24.5 Å². The summed E-state index contributed by atoms with van der Waals surface area (Å²) in [5.41, 5.74) is 5.01. The van der Waals surface area contributed by atoms with Crippen LogP contribution in [0.4, 0.5) is 0 Å². The van der Waals surface area contributed by atoms with Gasteiger partial charge in [-0.05, 0) is 110 Å². The maximum atomic E-state index is 15.0. The molecule has 1 fully saturated rings. The predicted octanol–water partition coefficient (Wildman–Crippen LogP) is 7.28. The SMILES string of the molecule is CCc1ccn(Cc2ccc(C[C@H]3OC(=O)[C@H](CC(C)C)N(C)C(=O)[C@@H](C)OC(=O)[C@H](CC(C)C)N(C)C(=O)[C@@H](Cc4ccc(Cn5ccc(CC)n5)cc4)OC(=O)[C@H](CC(C)C)N(C)C(=O)[C@@H](C)OC(=O)[C@H](CC(C)C)N(C)C3=O)cc2)n1. The second-order valence-corrected chi connectivity index (χ2v) is 24.1. The average Bonchev–Trinajstić information content (AvgIpc) is 4.15. The summed E-state index contributed by atoms with van der Waals surface area (Å²) in [6.07, 6.45) is -0.570. The standard InChI is InChI=1S/C64H92N8O12/c1-17-49-27-29-71(65-49)37-47-23-19-45(20-24-47)35-55-59(75)69(15)51(31-39(3)4)61(77)81-44(12)58(74)68(14)54(34-42(9)10)64(80)84-56(36-46-21-25-48(26-22-46)38-72-30-28-50(18-2)66-72)60(76)70(16)52(32-40(5)6)62(78)82-43(11)57(73)67(13)53(33-41(7)8)63(79)83-55/h19-30,39-44,51-56H,17-18,31-38H2,1-16H3/t43-,44-,51+,52+,53+,54+,55-,56-/m1/s1. The largest absolute Gasteiger partial charge is 0.451 e. The molecule has 0 spiro atoms. The van der Waals surface area contributed by atoms with Crippen molar-refractivity contribution < 1.29 is 57.3 Å². The number of cyclic esters (lactones) is 4. The Morgan fingerprint density at radius 1 is 0.393 bits per heavy atom. The molecule has 0 aliphatic carbocycles. The minimum absolute atomic E-state index is 0.0846. The van der Waals surface area contributed by atoms with Crippen LogP contribution in [0.25, 0.3) is 0 Å². The molecule has 0 radical (unpaired) electrons. The van der Waals surface area contributed by atoms with Gasteiger partial charge < -0.3 is 38.5 Å². The van der Waals surface area contributed by atoms with Crippen LogP contribution in [-0.2, 0) is 96.1 Å². The highest BCUT2D eigenvalue weighted by molar-refractivity contribution is 5.94. The van der Waals surface area contributed by atoms with Crippen LogP contribution < -0.4 is 0 Å². The first-order valence-electron chi connectivity index (χ1n) is 29.7. The summed E-state index contributed by atoms with van der Waals surface area (Å²) in [4.78, 5) is 122. The van der Waals surface area contributed by atoms with E-state index < -0.39 is 96.1 Å². The molecular formula is C64H92N8O12. The monoisotopic (exact) mass is 1160 g/mol. The average molecular weight is 1170 g/mol. The lowest BCUT2D eigenvalue weighted by Gasteiger charge is -2.35. The van der Waals surface area contributed by atoms with Gasteiger partial charge in [0.1, 0.15) is 24.2 Å². The lowest BCUT2D eigenvalue weighted by Crippen LogP contribution is -2.55. The molecule has 5 rings (SSSR count). The van der Waals surface area contributed by atoms with E-state index in [2.05, 4.69) is 10.2 Å². The number of esters is 4. The van der Waals surface area contributed by atoms with E-state index in [4.69, 9.17) is 18.9 Å². The number of likely N-dealkylation sites (N-methyl/N-ethyl adjacent to an activating group) is 4. The molecule has 1 aliphatic rings. The van der Waals surface area contributed by atoms with Crippen molar-refractivity contribution in [3.63, 3.8) is 0 Å². The molecule has 1 aliphatic heterocycles. The molecule has 4 amide bonds. The van der Waals surface area contributed by atoms with Crippen LogP contribution in [0, 0.1) is 23.7 Å². The minimum Gasteiger partial charge on any atom is -0.451 e. The number of benzene rings is 2. The summed E-state index contributed by atoms with van der Waals surface area (Å²) in [6.45, 7) is 22.6. The van der Waals surface area contributed by atoms with Crippen LogP contribution in [-0.4, -0.2) is 163 Å². The molecule has 8 atom stereocenters. The molecule has 460 valence electrons. The van der Waals surface area contributed by atoms with Gasteiger partial charge in [0, 0.05) is 53.4 Å². The molecule has 4 aromatic rings. The Balaban J connectivity index is 1.58. The summed E-state index contributed by atoms with van der Waals surface area (Å²) in [6, 6.07) is 13.6. The first-order chi connectivity index (χ1) is 39.6. The molecule has 2 aromatic carbocycles. The first-order valence-corrected chi connectivity index (χ1v) is 29.7. The van der Waals surface area contributed by atoms with Crippen molar-refractivity contribution >= 4 is 47.5 Å². The number of amides is 4. The Morgan fingerprint density at radius 3 is 0.917 bits per heavy atom. The summed E-state index contributed by atoms with van der Waals surface area (Å²) in [5, 5.41) is 9.18. The predicted molar refractivity (Wildman–Crippen MR) is 317 cm³/mol. The second-order valence-electron chi connectivity index (χ2n) is 24.1. The third-order valence-corrected chi connectivity index (χ3v) is 15.2. The van der Waals surface area contributed by atoms with E-state index in [1.165, 1.54) is 51.8 Å². The van der Waals surface area contributed by atoms with Crippen molar-refractivity contribution in [3.8, 4) is 0 Å². The third kappa shape index (κ3) is 18.8. The zero-order valence-electron chi connectivity index (χ0n) is 52.4. The number of rotatable bonds is 18. The Kier molecular flexibility index (Phi) is 24.8. The maximum Gasteiger partial charge on any atom is 0.329 e. The van der Waals surface area contributed by atoms with Crippen LogP contribution in [0.3, 0.4) is 0 Å². The lowest BCUT2D eigenvalue weighted by molar-refractivity contribution is -0.176. The molecule has 20 nitrogen and oxygen atoms in total. The number of ether oxygens (including phenoxy) is 4. The highest BCUT2D eigenvalue weighted by Gasteiger charge is 2.43. The zero-order valence-corrected chi connectivity index (χ0v) is 52.4. The van der Waals surface area contributed by atoms with Gasteiger partial charge in [-0.3, -0.25) is 28.5 Å². The summed E-state index contributed by atoms with van der Waals surface area (Å²) >= 11 is 0. The van der Waals surface area contributed by atoms with Gasteiger partial charge in [-0.1, -0.05) is 118 Å². The van der Waals surface area contributed by atoms with E-state index in [0.717, 1.165) is 45.2 Å². The van der Waals surface area contributed by atoms with Crippen LogP contribution >= 0.6 is 0 Å². The van der Waals surface area contributed by atoms with Crippen LogP contribution in [0.15, 0.2) is 73.1 Å². The summed E-state index contributed by atoms with van der Waals surface area (Å²) < 4.78 is 28.0. The van der Waals surface area contributed by atoms with Gasteiger partial charge in [0.15, 0.2) is 24.4 Å². The first kappa shape index (κ1) is 67.4. The topological polar surface area (TPSA) is 222 Å². The smallest absolute Gasteiger partial charge is 0.329 e. The fraction of sp³-hybridized carbons (Fsp3) is 0.594. The van der Waals surface area contributed by atoms with Crippen molar-refractivity contribution in [2.75, 3.05) is 28.2 Å². The molecule has 2 aromatic heterocycles. The normalized spacial score (nSPS) is 22.7. The maximum absolute atomic E-state index is 15.0. The van der Waals surface area contributed by atoms with Crippen LogP contribution in [0.2, 0.25) is 0 Å². The number of nitrogens with zero attached hydrogens (tertiary/aromatic N) is 8. The summed E-state index contributed by atoms with van der Waals surface area (Å²) in [5.74, 6) is -7.40. The molecule has 0 unspecified atom stereocenters. The third-order valence-electron chi connectivity index (χ3n) is 15.2. The number of aryl methyl sites for hydroxylation is 2. The molecule has 20 heteroatoms. The molecular weight excluding hydrogens is 1070 g/mol. The number of hydrogen-bond acceptors (Lipinski definition) is 14. The zero-order chi connectivity index (χ0) is 62.3. The van der Waals surface area contributed by atoms with E-state index in [1.54, 1.807) is 0 Å². The van der Waals surface area contributed by atoms with Gasteiger partial charge in [-0.15, -0.1) is 0 Å². The highest BCUT2D eigenvalue weighted by Crippen LogP contribution is 2.25. The van der Waals surface area contributed by atoms with E-state index in [-0.39, 0.29) is 62.2 Å². The Bertz CT molecular complexity index is 2650. The van der Waals surface area contributed by atoms with E-state index in [0.29, 0.717) is 24.2 Å². The molecule has 1 saturated heterocycles. The van der Waals surface area contributed by atoms with Gasteiger partial charge >= 0.3 is 23.9 Å². The van der Waals surface area contributed by atoms with Gasteiger partial charge in [-0.2, -0.15) is 10.2 Å². The van der Waals surface area contributed by atoms with Crippen molar-refractivity contribution in [1.29, 1.82) is 0 Å². The summed E-state index contributed by atoms with van der Waals surface area (Å²) in [7, 11) is 5.60. The van der Waals surface area contributed by atoms with Crippen LogP contribution in [0.1, 0.15) is 142 Å². The minimum atomic E-state index is -1.53. The van der Waals surface area contributed by atoms with E-state index >= 15 is 9.59 Å². The molecule has 0 N–H and O–H groups in total. The number of carbonyl (C=O) groups excluding carboxylic acids is 8. The molecule has 84 heavy (non-hydrogen) atoms. The second kappa shape index (κ2) is 31.0.